The second kappa shape index (κ2) is 10.7. The largest absolute Gasteiger partial charge is 0.495 e. The predicted octanol–water partition coefficient (Wildman–Crippen LogP) is 5.27. The van der Waals surface area contributed by atoms with Gasteiger partial charge in [0.05, 0.1) is 25.4 Å². The summed E-state index contributed by atoms with van der Waals surface area (Å²) in [5.74, 6) is 0.266. The number of hydrogen-bond donors (Lipinski definition) is 2. The molecule has 0 fully saturated rings. The smallest absolute Gasteiger partial charge is 0.387 e. The highest BCUT2D eigenvalue weighted by Gasteiger charge is 2.16. The molecule has 1 atom stereocenters. The summed E-state index contributed by atoms with van der Waals surface area (Å²) in [5, 5.41) is 6.46. The third kappa shape index (κ3) is 6.41. The lowest BCUT2D eigenvalue weighted by Crippen LogP contribution is -2.32. The maximum atomic E-state index is 12.6. The van der Waals surface area contributed by atoms with Crippen molar-refractivity contribution < 1.29 is 23.0 Å². The molecule has 0 saturated heterocycles. The lowest BCUT2D eigenvalue weighted by molar-refractivity contribution is -0.115. The zero-order valence-corrected chi connectivity index (χ0v) is 17.4. The van der Waals surface area contributed by atoms with E-state index in [1.807, 2.05) is 30.3 Å². The molecule has 0 aliphatic rings. The number of nitrogens with one attached hydrogen (secondary N) is 2. The molecule has 31 heavy (non-hydrogen) atoms. The van der Waals surface area contributed by atoms with Gasteiger partial charge in [-0.25, -0.2) is 0 Å². The molecule has 0 radical (unpaired) electrons. The van der Waals surface area contributed by atoms with Crippen molar-refractivity contribution in [2.45, 2.75) is 12.7 Å². The second-order valence-corrected chi connectivity index (χ2v) is 7.00. The van der Waals surface area contributed by atoms with Crippen LogP contribution in [0.1, 0.15) is 17.2 Å². The molecule has 8 heteroatoms. The van der Waals surface area contributed by atoms with Crippen LogP contribution in [0.4, 0.5) is 14.5 Å². The number of benzene rings is 3. The maximum Gasteiger partial charge on any atom is 0.387 e. The molecule has 0 heterocycles. The molecule has 3 aromatic rings. The normalized spacial score (nSPS) is 11.8. The maximum absolute atomic E-state index is 12.6. The van der Waals surface area contributed by atoms with Crippen molar-refractivity contribution >= 4 is 23.2 Å². The molecule has 0 aliphatic heterocycles. The number of methoxy groups -OCH3 is 1. The van der Waals surface area contributed by atoms with Crippen molar-refractivity contribution in [3.8, 4) is 11.5 Å². The second-order valence-electron chi connectivity index (χ2n) is 6.56. The standard InChI is InChI=1S/C23H21ClF2N2O3/c1-30-20-12-9-17(24)13-19(20)28-21(29)14-27-22(15-5-3-2-4-6-15)16-7-10-18(11-8-16)31-23(25)26/h2-13,22-23,27H,14H2,1H3,(H,28,29)/t22-/m1/s1. The molecule has 0 saturated carbocycles. The molecule has 0 bridgehead atoms. The minimum Gasteiger partial charge on any atom is -0.495 e. The number of carbonyl (C=O) groups excluding carboxylic acids is 1. The van der Waals surface area contributed by atoms with Crippen molar-refractivity contribution in [3.05, 3.63) is 88.9 Å². The van der Waals surface area contributed by atoms with Crippen molar-refractivity contribution in [3.63, 3.8) is 0 Å². The van der Waals surface area contributed by atoms with Gasteiger partial charge in [-0.1, -0.05) is 54.1 Å². The van der Waals surface area contributed by atoms with Gasteiger partial charge in [0.25, 0.3) is 0 Å². The monoisotopic (exact) mass is 446 g/mol. The number of carbonyl (C=O) groups is 1. The van der Waals surface area contributed by atoms with Crippen LogP contribution in [0.2, 0.25) is 5.02 Å². The highest BCUT2D eigenvalue weighted by atomic mass is 35.5. The van der Waals surface area contributed by atoms with Crippen LogP contribution >= 0.6 is 11.6 Å². The van der Waals surface area contributed by atoms with E-state index < -0.39 is 6.61 Å². The van der Waals surface area contributed by atoms with Gasteiger partial charge in [0.1, 0.15) is 11.5 Å². The van der Waals surface area contributed by atoms with Gasteiger partial charge in [0, 0.05) is 5.02 Å². The fourth-order valence-electron chi connectivity index (χ4n) is 3.08. The molecule has 0 aliphatic carbocycles. The van der Waals surface area contributed by atoms with E-state index >= 15 is 0 Å². The van der Waals surface area contributed by atoms with E-state index in [4.69, 9.17) is 16.3 Å². The highest BCUT2D eigenvalue weighted by Crippen LogP contribution is 2.28. The van der Waals surface area contributed by atoms with E-state index in [0.29, 0.717) is 16.5 Å². The van der Waals surface area contributed by atoms with Crippen LogP contribution in [0.3, 0.4) is 0 Å². The summed E-state index contributed by atoms with van der Waals surface area (Å²) in [7, 11) is 1.50. The van der Waals surface area contributed by atoms with Crippen LogP contribution in [0, 0.1) is 0 Å². The van der Waals surface area contributed by atoms with Crippen molar-refractivity contribution in [1.29, 1.82) is 0 Å². The molecule has 162 valence electrons. The molecule has 3 rings (SSSR count). The molecule has 3 aromatic carbocycles. The number of anilines is 1. The van der Waals surface area contributed by atoms with Crippen molar-refractivity contribution in [1.82, 2.24) is 5.32 Å². The molecule has 5 nitrogen and oxygen atoms in total. The molecule has 2 N–H and O–H groups in total. The van der Waals surface area contributed by atoms with E-state index in [1.54, 1.807) is 30.3 Å². The Balaban J connectivity index is 1.74. The van der Waals surface area contributed by atoms with Crippen LogP contribution < -0.4 is 20.1 Å². The fourth-order valence-corrected chi connectivity index (χ4v) is 3.25. The van der Waals surface area contributed by atoms with Gasteiger partial charge in [-0.15, -0.1) is 0 Å². The van der Waals surface area contributed by atoms with Gasteiger partial charge >= 0.3 is 6.61 Å². The molecule has 0 unspecified atom stereocenters. The highest BCUT2D eigenvalue weighted by molar-refractivity contribution is 6.31. The number of amides is 1. The fraction of sp³-hybridized carbons (Fsp3) is 0.174. The quantitative estimate of drug-likeness (QED) is 0.470. The lowest BCUT2D eigenvalue weighted by Gasteiger charge is -2.20. The number of hydrogen-bond acceptors (Lipinski definition) is 4. The van der Waals surface area contributed by atoms with E-state index in [-0.39, 0.29) is 24.2 Å². The Morgan fingerprint density at radius 3 is 2.32 bits per heavy atom. The molecular weight excluding hydrogens is 426 g/mol. The average molecular weight is 447 g/mol. The minimum absolute atomic E-state index is 0.00941. The van der Waals surface area contributed by atoms with Gasteiger partial charge in [0.15, 0.2) is 0 Å². The Kier molecular flexibility index (Phi) is 7.81. The van der Waals surface area contributed by atoms with Crippen LogP contribution in [0.5, 0.6) is 11.5 Å². The Morgan fingerprint density at radius 1 is 1.00 bits per heavy atom. The summed E-state index contributed by atoms with van der Waals surface area (Å²) in [6.07, 6.45) is 0. The zero-order chi connectivity index (χ0) is 22.2. The predicted molar refractivity (Wildman–Crippen MR) is 116 cm³/mol. The minimum atomic E-state index is -2.89. The summed E-state index contributed by atoms with van der Waals surface area (Å²) in [6, 6.07) is 20.4. The van der Waals surface area contributed by atoms with E-state index in [0.717, 1.165) is 11.1 Å². The van der Waals surface area contributed by atoms with Crippen LogP contribution in [-0.2, 0) is 4.79 Å². The molecule has 1 amide bonds. The van der Waals surface area contributed by atoms with Gasteiger partial charge < -0.3 is 14.8 Å². The number of ether oxygens (including phenoxy) is 2. The van der Waals surface area contributed by atoms with E-state index in [9.17, 15) is 13.6 Å². The van der Waals surface area contributed by atoms with Crippen LogP contribution in [0.25, 0.3) is 0 Å². The Labute approximate surface area is 183 Å². The Bertz CT molecular complexity index is 1000. The third-order valence-corrected chi connectivity index (χ3v) is 4.71. The Morgan fingerprint density at radius 2 is 1.68 bits per heavy atom. The summed E-state index contributed by atoms with van der Waals surface area (Å²) in [6.45, 7) is -2.90. The first-order valence-electron chi connectivity index (χ1n) is 9.42. The zero-order valence-electron chi connectivity index (χ0n) is 16.6. The Hall–Kier alpha value is -3.16. The van der Waals surface area contributed by atoms with E-state index in [1.165, 1.54) is 19.2 Å². The van der Waals surface area contributed by atoms with Crippen molar-refractivity contribution in [2.75, 3.05) is 19.0 Å². The third-order valence-electron chi connectivity index (χ3n) is 4.47. The summed E-state index contributed by atoms with van der Waals surface area (Å²) < 4.78 is 34.5. The first kappa shape index (κ1) is 22.5. The van der Waals surface area contributed by atoms with Gasteiger partial charge in [-0.3, -0.25) is 10.1 Å². The average Bonchev–Trinajstić information content (AvgIpc) is 2.75. The summed E-state index contributed by atoms with van der Waals surface area (Å²) >= 11 is 6.01. The summed E-state index contributed by atoms with van der Waals surface area (Å²) in [4.78, 5) is 12.6. The molecule has 0 spiro atoms. The number of halogens is 3. The lowest BCUT2D eigenvalue weighted by atomic mass is 9.98. The first-order chi connectivity index (χ1) is 15.0. The van der Waals surface area contributed by atoms with Gasteiger partial charge in [0.2, 0.25) is 5.91 Å². The van der Waals surface area contributed by atoms with Gasteiger partial charge in [-0.2, -0.15) is 8.78 Å². The molecular formula is C23H21ClF2N2O3. The van der Waals surface area contributed by atoms with Gasteiger partial charge in [-0.05, 0) is 41.5 Å². The number of rotatable bonds is 9. The molecule has 0 aromatic heterocycles. The first-order valence-corrected chi connectivity index (χ1v) is 9.80. The van der Waals surface area contributed by atoms with Crippen molar-refractivity contribution in [2.24, 2.45) is 0 Å². The summed E-state index contributed by atoms with van der Waals surface area (Å²) in [5.41, 5.74) is 2.17. The van der Waals surface area contributed by atoms with Crippen LogP contribution in [0.15, 0.2) is 72.8 Å². The number of alkyl halides is 2. The van der Waals surface area contributed by atoms with E-state index in [2.05, 4.69) is 15.4 Å². The SMILES string of the molecule is COc1ccc(Cl)cc1NC(=O)CN[C@H](c1ccccc1)c1ccc(OC(F)F)cc1. The topological polar surface area (TPSA) is 59.6 Å². The van der Waals surface area contributed by atoms with Crippen LogP contribution in [-0.4, -0.2) is 26.2 Å².